The van der Waals surface area contributed by atoms with Crippen LogP contribution in [0.5, 0.6) is 0 Å². The molecule has 0 saturated carbocycles. The van der Waals surface area contributed by atoms with Gasteiger partial charge in [0.15, 0.2) is 0 Å². The monoisotopic (exact) mass is 331 g/mol. The number of para-hydroxylation sites is 1. The number of aromatic nitrogens is 2. The number of hydrogen-bond acceptors (Lipinski definition) is 5. The van der Waals surface area contributed by atoms with Gasteiger partial charge in [-0.2, -0.15) is 0 Å². The minimum Gasteiger partial charge on any atom is -0.369 e. The van der Waals surface area contributed by atoms with Crippen molar-refractivity contribution in [1.29, 1.82) is 0 Å². The highest BCUT2D eigenvalue weighted by Crippen LogP contribution is 2.16. The lowest BCUT2D eigenvalue weighted by Crippen LogP contribution is -2.51. The van der Waals surface area contributed by atoms with Crippen molar-refractivity contribution in [3.05, 3.63) is 47.9 Å². The Labute approximate surface area is 142 Å². The van der Waals surface area contributed by atoms with Gasteiger partial charge in [-0.15, -0.1) is 0 Å². The molecular formula is C17H22ClN5. The second-order valence-electron chi connectivity index (χ2n) is 5.82. The summed E-state index contributed by atoms with van der Waals surface area (Å²) < 4.78 is 0. The number of nitrogens with one attached hydrogen (secondary N) is 1. The predicted octanol–water partition coefficient (Wildman–Crippen LogP) is 2.75. The maximum absolute atomic E-state index is 5.85. The Morgan fingerprint density at radius 1 is 1.13 bits per heavy atom. The van der Waals surface area contributed by atoms with Crippen LogP contribution in [0.2, 0.25) is 5.15 Å². The molecule has 1 aliphatic heterocycles. The zero-order valence-electron chi connectivity index (χ0n) is 13.3. The molecule has 0 unspecified atom stereocenters. The molecule has 0 radical (unpaired) electrons. The minimum absolute atomic E-state index is 0.416. The van der Waals surface area contributed by atoms with E-state index in [0.29, 0.717) is 11.2 Å². The number of piperazine rings is 1. The zero-order valence-corrected chi connectivity index (χ0v) is 14.1. The first-order valence-corrected chi connectivity index (χ1v) is 8.35. The lowest BCUT2D eigenvalue weighted by Gasteiger charge is -2.39. The molecule has 2 heterocycles. The number of benzene rings is 1. The molecule has 1 atom stereocenters. The lowest BCUT2D eigenvalue weighted by atomic mass is 10.2. The second kappa shape index (κ2) is 7.62. The van der Waals surface area contributed by atoms with E-state index in [1.165, 1.54) is 5.69 Å². The maximum Gasteiger partial charge on any atom is 0.149 e. The highest BCUT2D eigenvalue weighted by atomic mass is 35.5. The number of halogens is 1. The fourth-order valence-electron chi connectivity index (χ4n) is 2.87. The topological polar surface area (TPSA) is 44.3 Å². The Morgan fingerprint density at radius 3 is 2.57 bits per heavy atom. The zero-order chi connectivity index (χ0) is 16.1. The Kier molecular flexibility index (Phi) is 5.31. The molecule has 0 aliphatic carbocycles. The highest BCUT2D eigenvalue weighted by Gasteiger charge is 2.21. The van der Waals surface area contributed by atoms with Crippen molar-refractivity contribution in [2.45, 2.75) is 13.0 Å². The van der Waals surface area contributed by atoms with E-state index in [-0.39, 0.29) is 0 Å². The Bertz CT molecular complexity index is 613. The van der Waals surface area contributed by atoms with Crippen molar-refractivity contribution in [3.8, 4) is 0 Å². The molecule has 0 spiro atoms. The van der Waals surface area contributed by atoms with E-state index in [0.717, 1.165) is 38.5 Å². The predicted molar refractivity (Wildman–Crippen MR) is 95.2 cm³/mol. The van der Waals surface area contributed by atoms with Crippen LogP contribution in [0.3, 0.4) is 0 Å². The minimum atomic E-state index is 0.416. The largest absolute Gasteiger partial charge is 0.369 e. The Hall–Kier alpha value is -1.85. The van der Waals surface area contributed by atoms with E-state index in [1.807, 2.05) is 0 Å². The van der Waals surface area contributed by atoms with Crippen LogP contribution in [-0.4, -0.2) is 53.6 Å². The fourth-order valence-corrected chi connectivity index (χ4v) is 3.02. The molecule has 3 rings (SSSR count). The van der Waals surface area contributed by atoms with Crippen LogP contribution in [0, 0.1) is 0 Å². The summed E-state index contributed by atoms with van der Waals surface area (Å²) in [6.07, 6.45) is 3.24. The van der Waals surface area contributed by atoms with Crippen LogP contribution in [0.1, 0.15) is 6.92 Å². The van der Waals surface area contributed by atoms with Crippen LogP contribution in [-0.2, 0) is 0 Å². The van der Waals surface area contributed by atoms with Crippen molar-refractivity contribution in [2.75, 3.05) is 42.9 Å². The summed E-state index contributed by atoms with van der Waals surface area (Å²) in [5.41, 5.74) is 1.31. The molecule has 0 amide bonds. The van der Waals surface area contributed by atoms with Gasteiger partial charge in [-0.25, -0.2) is 4.98 Å². The van der Waals surface area contributed by atoms with Crippen LogP contribution in [0.25, 0.3) is 0 Å². The first-order chi connectivity index (χ1) is 11.2. The third-order valence-electron chi connectivity index (χ3n) is 4.24. The smallest absolute Gasteiger partial charge is 0.149 e. The average molecular weight is 332 g/mol. The molecule has 5 nitrogen and oxygen atoms in total. The number of hydrogen-bond donors (Lipinski definition) is 1. The molecule has 1 aromatic carbocycles. The highest BCUT2D eigenvalue weighted by molar-refractivity contribution is 6.29. The van der Waals surface area contributed by atoms with Crippen molar-refractivity contribution in [3.63, 3.8) is 0 Å². The number of nitrogens with zero attached hydrogens (tertiary/aromatic N) is 4. The van der Waals surface area contributed by atoms with Crippen molar-refractivity contribution < 1.29 is 0 Å². The standard InChI is InChI=1S/C17H22ClN5/c1-14(11-20-17-13-19-12-16(18)21-17)22-7-9-23(10-8-22)15-5-3-2-4-6-15/h2-6,12-14H,7-11H2,1H3,(H,20,21)/t14-/m0/s1. The van der Waals surface area contributed by atoms with E-state index in [9.17, 15) is 0 Å². The third-order valence-corrected chi connectivity index (χ3v) is 4.42. The summed E-state index contributed by atoms with van der Waals surface area (Å²) >= 11 is 5.85. The molecular weight excluding hydrogens is 310 g/mol. The van der Waals surface area contributed by atoms with E-state index in [4.69, 9.17) is 11.6 Å². The molecule has 23 heavy (non-hydrogen) atoms. The molecule has 1 aliphatic rings. The first kappa shape index (κ1) is 16.0. The lowest BCUT2D eigenvalue weighted by molar-refractivity contribution is 0.204. The Morgan fingerprint density at radius 2 is 1.87 bits per heavy atom. The van der Waals surface area contributed by atoms with Crippen molar-refractivity contribution in [2.24, 2.45) is 0 Å². The van der Waals surface area contributed by atoms with Gasteiger partial charge in [-0.3, -0.25) is 9.88 Å². The molecule has 1 saturated heterocycles. The van der Waals surface area contributed by atoms with Crippen molar-refractivity contribution in [1.82, 2.24) is 14.9 Å². The van der Waals surface area contributed by atoms with Crippen LogP contribution < -0.4 is 10.2 Å². The van der Waals surface area contributed by atoms with Gasteiger partial charge in [0.1, 0.15) is 11.0 Å². The van der Waals surface area contributed by atoms with Crippen LogP contribution >= 0.6 is 11.6 Å². The molecule has 1 aromatic heterocycles. The normalized spacial score (nSPS) is 17.0. The molecule has 6 heteroatoms. The van der Waals surface area contributed by atoms with Gasteiger partial charge in [0, 0.05) is 44.5 Å². The van der Waals surface area contributed by atoms with Crippen molar-refractivity contribution >= 4 is 23.1 Å². The van der Waals surface area contributed by atoms with Gasteiger partial charge in [-0.1, -0.05) is 29.8 Å². The van der Waals surface area contributed by atoms with Gasteiger partial charge in [-0.05, 0) is 19.1 Å². The van der Waals surface area contributed by atoms with Gasteiger partial charge in [0.05, 0.1) is 12.4 Å². The first-order valence-electron chi connectivity index (χ1n) is 7.98. The van der Waals surface area contributed by atoms with E-state index in [1.54, 1.807) is 12.4 Å². The molecule has 122 valence electrons. The summed E-state index contributed by atoms with van der Waals surface area (Å²) in [4.78, 5) is 13.2. The summed E-state index contributed by atoms with van der Waals surface area (Å²) in [6, 6.07) is 11.1. The summed E-state index contributed by atoms with van der Waals surface area (Å²) in [5, 5.41) is 3.73. The summed E-state index contributed by atoms with van der Waals surface area (Å²) in [5.74, 6) is 0.729. The van der Waals surface area contributed by atoms with Gasteiger partial charge >= 0.3 is 0 Å². The number of anilines is 2. The summed E-state index contributed by atoms with van der Waals surface area (Å²) in [7, 11) is 0. The van der Waals surface area contributed by atoms with E-state index < -0.39 is 0 Å². The Balaban J connectivity index is 1.47. The average Bonchev–Trinajstić information content (AvgIpc) is 2.61. The quantitative estimate of drug-likeness (QED) is 0.912. The third kappa shape index (κ3) is 4.33. The van der Waals surface area contributed by atoms with Gasteiger partial charge < -0.3 is 10.2 Å². The van der Waals surface area contributed by atoms with E-state index >= 15 is 0 Å². The fraction of sp³-hybridized carbons (Fsp3) is 0.412. The molecule has 1 N–H and O–H groups in total. The van der Waals surface area contributed by atoms with Crippen LogP contribution in [0.15, 0.2) is 42.7 Å². The van der Waals surface area contributed by atoms with E-state index in [2.05, 4.69) is 62.3 Å². The van der Waals surface area contributed by atoms with Crippen LogP contribution in [0.4, 0.5) is 11.5 Å². The SMILES string of the molecule is C[C@@H](CNc1cncc(Cl)n1)N1CCN(c2ccccc2)CC1. The molecule has 2 aromatic rings. The maximum atomic E-state index is 5.85. The van der Waals surface area contributed by atoms with Gasteiger partial charge in [0.25, 0.3) is 0 Å². The number of rotatable bonds is 5. The summed E-state index contributed by atoms with van der Waals surface area (Å²) in [6.45, 7) is 7.33. The molecule has 0 bridgehead atoms. The molecule has 1 fully saturated rings. The van der Waals surface area contributed by atoms with Gasteiger partial charge in [0.2, 0.25) is 0 Å². The second-order valence-corrected chi connectivity index (χ2v) is 6.20.